The molecule has 0 saturated carbocycles. The highest BCUT2D eigenvalue weighted by molar-refractivity contribution is 5.96. The Morgan fingerprint density at radius 3 is 2.89 bits per heavy atom. The molecule has 1 aromatic rings. The molecular formula is C14H21N3O. The Morgan fingerprint density at radius 1 is 1.44 bits per heavy atom. The highest BCUT2D eigenvalue weighted by Crippen LogP contribution is 2.31. The second-order valence-corrected chi connectivity index (χ2v) is 5.01. The van der Waals surface area contributed by atoms with E-state index in [-0.39, 0.29) is 5.91 Å². The summed E-state index contributed by atoms with van der Waals surface area (Å²) in [6.07, 6.45) is 0.520. The lowest BCUT2D eigenvalue weighted by molar-refractivity contribution is -0.115. The van der Waals surface area contributed by atoms with Gasteiger partial charge in [0.15, 0.2) is 0 Å². The Bertz CT molecular complexity index is 443. The van der Waals surface area contributed by atoms with Crippen LogP contribution in [-0.2, 0) is 4.79 Å². The summed E-state index contributed by atoms with van der Waals surface area (Å²) in [6.45, 7) is 6.41. The van der Waals surface area contributed by atoms with Gasteiger partial charge >= 0.3 is 0 Å². The number of nitrogens with two attached hydrogens (primary N) is 1. The standard InChI is InChI=1S/C14H21N3O/c1-10(2)11-3-4-13-12(9-11)16-14(18)5-7-17(13)8-6-15/h3-4,9-10H,5-8,15H2,1-2H3,(H,16,18). The van der Waals surface area contributed by atoms with Gasteiger partial charge in [-0.05, 0) is 23.6 Å². The average Bonchev–Trinajstić information content (AvgIpc) is 2.48. The number of hydrogen-bond acceptors (Lipinski definition) is 3. The summed E-state index contributed by atoms with van der Waals surface area (Å²) in [7, 11) is 0. The van der Waals surface area contributed by atoms with Crippen molar-refractivity contribution < 1.29 is 4.79 Å². The van der Waals surface area contributed by atoms with Crippen molar-refractivity contribution in [2.45, 2.75) is 26.2 Å². The van der Waals surface area contributed by atoms with Gasteiger partial charge in [0.2, 0.25) is 5.91 Å². The maximum atomic E-state index is 11.7. The van der Waals surface area contributed by atoms with E-state index in [0.717, 1.165) is 24.5 Å². The Labute approximate surface area is 108 Å². The molecule has 1 aliphatic heterocycles. The first-order valence-corrected chi connectivity index (χ1v) is 6.50. The van der Waals surface area contributed by atoms with Gasteiger partial charge in [-0.1, -0.05) is 19.9 Å². The molecule has 2 rings (SSSR count). The summed E-state index contributed by atoms with van der Waals surface area (Å²) in [5, 5.41) is 2.98. The summed E-state index contributed by atoms with van der Waals surface area (Å²) in [6, 6.07) is 6.29. The number of fused-ring (bicyclic) bond motifs is 1. The molecule has 0 aromatic heterocycles. The summed E-state index contributed by atoms with van der Waals surface area (Å²) < 4.78 is 0. The first-order valence-electron chi connectivity index (χ1n) is 6.50. The lowest BCUT2D eigenvalue weighted by Crippen LogP contribution is -2.30. The molecule has 0 radical (unpaired) electrons. The minimum absolute atomic E-state index is 0.0803. The van der Waals surface area contributed by atoms with Crippen molar-refractivity contribution in [3.8, 4) is 0 Å². The maximum absolute atomic E-state index is 11.7. The number of carbonyl (C=O) groups is 1. The molecule has 4 nitrogen and oxygen atoms in total. The molecule has 0 bridgehead atoms. The van der Waals surface area contributed by atoms with Crippen molar-refractivity contribution in [3.63, 3.8) is 0 Å². The second kappa shape index (κ2) is 5.40. The van der Waals surface area contributed by atoms with Gasteiger partial charge in [-0.2, -0.15) is 0 Å². The molecule has 18 heavy (non-hydrogen) atoms. The van der Waals surface area contributed by atoms with Crippen LogP contribution in [0.15, 0.2) is 18.2 Å². The van der Waals surface area contributed by atoms with E-state index in [0.29, 0.717) is 18.9 Å². The summed E-state index contributed by atoms with van der Waals surface area (Å²) in [5.41, 5.74) is 8.87. The highest BCUT2D eigenvalue weighted by Gasteiger charge is 2.19. The summed E-state index contributed by atoms with van der Waals surface area (Å²) >= 11 is 0. The van der Waals surface area contributed by atoms with Gasteiger partial charge in [0.25, 0.3) is 0 Å². The van der Waals surface area contributed by atoms with Crippen LogP contribution in [0.2, 0.25) is 0 Å². The van der Waals surface area contributed by atoms with E-state index in [1.165, 1.54) is 5.56 Å². The molecule has 3 N–H and O–H groups in total. The third-order valence-electron chi connectivity index (χ3n) is 3.31. The molecule has 0 spiro atoms. The number of amides is 1. The third-order valence-corrected chi connectivity index (χ3v) is 3.31. The molecular weight excluding hydrogens is 226 g/mol. The molecule has 0 saturated heterocycles. The Hall–Kier alpha value is -1.55. The lowest BCUT2D eigenvalue weighted by Gasteiger charge is -2.24. The van der Waals surface area contributed by atoms with Crippen LogP contribution in [0.4, 0.5) is 11.4 Å². The van der Waals surface area contributed by atoms with Gasteiger partial charge in [0.1, 0.15) is 0 Å². The first kappa shape index (κ1) is 12.9. The van der Waals surface area contributed by atoms with Crippen molar-refractivity contribution in [1.29, 1.82) is 0 Å². The lowest BCUT2D eigenvalue weighted by atomic mass is 10.0. The van der Waals surface area contributed by atoms with Crippen LogP contribution in [0.3, 0.4) is 0 Å². The number of nitrogens with one attached hydrogen (secondary N) is 1. The van der Waals surface area contributed by atoms with Crippen LogP contribution in [-0.4, -0.2) is 25.5 Å². The van der Waals surface area contributed by atoms with Gasteiger partial charge < -0.3 is 16.0 Å². The molecule has 98 valence electrons. The fraction of sp³-hybridized carbons (Fsp3) is 0.500. The van der Waals surface area contributed by atoms with Gasteiger partial charge in [-0.15, -0.1) is 0 Å². The number of anilines is 2. The topological polar surface area (TPSA) is 58.4 Å². The molecule has 0 unspecified atom stereocenters. The molecule has 1 amide bonds. The van der Waals surface area contributed by atoms with Crippen LogP contribution in [0, 0.1) is 0 Å². The molecule has 1 aliphatic rings. The molecule has 1 heterocycles. The van der Waals surface area contributed by atoms with E-state index in [1.807, 2.05) is 0 Å². The third kappa shape index (κ3) is 2.64. The molecule has 0 aliphatic carbocycles. The van der Waals surface area contributed by atoms with Crippen LogP contribution in [0.25, 0.3) is 0 Å². The van der Waals surface area contributed by atoms with Gasteiger partial charge in [-0.25, -0.2) is 0 Å². The minimum atomic E-state index is 0.0803. The number of benzene rings is 1. The van der Waals surface area contributed by atoms with Gasteiger partial charge in [0.05, 0.1) is 11.4 Å². The second-order valence-electron chi connectivity index (χ2n) is 5.01. The van der Waals surface area contributed by atoms with E-state index in [1.54, 1.807) is 0 Å². The van der Waals surface area contributed by atoms with Crippen LogP contribution in [0.1, 0.15) is 31.7 Å². The molecule has 1 aromatic carbocycles. The van der Waals surface area contributed by atoms with Gasteiger partial charge in [-0.3, -0.25) is 4.79 Å². The zero-order chi connectivity index (χ0) is 13.1. The predicted molar refractivity (Wildman–Crippen MR) is 75.0 cm³/mol. The molecule has 4 heteroatoms. The number of carbonyl (C=O) groups excluding carboxylic acids is 1. The van der Waals surface area contributed by atoms with Crippen molar-refractivity contribution in [1.82, 2.24) is 0 Å². The maximum Gasteiger partial charge on any atom is 0.226 e. The zero-order valence-corrected chi connectivity index (χ0v) is 11.1. The quantitative estimate of drug-likeness (QED) is 0.858. The summed E-state index contributed by atoms with van der Waals surface area (Å²) in [5.74, 6) is 0.537. The van der Waals surface area contributed by atoms with Crippen LogP contribution in [0.5, 0.6) is 0 Å². The number of hydrogen-bond donors (Lipinski definition) is 2. The smallest absolute Gasteiger partial charge is 0.226 e. The van der Waals surface area contributed by atoms with Crippen molar-refractivity contribution >= 4 is 17.3 Å². The van der Waals surface area contributed by atoms with Crippen molar-refractivity contribution in [3.05, 3.63) is 23.8 Å². The Kier molecular flexibility index (Phi) is 3.87. The average molecular weight is 247 g/mol. The normalized spacial score (nSPS) is 15.3. The summed E-state index contributed by atoms with van der Waals surface area (Å²) in [4.78, 5) is 13.9. The predicted octanol–water partition coefficient (Wildman–Crippen LogP) is 1.92. The van der Waals surface area contributed by atoms with Crippen LogP contribution < -0.4 is 16.0 Å². The first-order chi connectivity index (χ1) is 8.61. The Morgan fingerprint density at radius 2 is 2.22 bits per heavy atom. The van der Waals surface area contributed by atoms with E-state index in [2.05, 4.69) is 42.3 Å². The zero-order valence-electron chi connectivity index (χ0n) is 11.1. The van der Waals surface area contributed by atoms with E-state index >= 15 is 0 Å². The van der Waals surface area contributed by atoms with E-state index < -0.39 is 0 Å². The van der Waals surface area contributed by atoms with Crippen LogP contribution >= 0.6 is 0 Å². The van der Waals surface area contributed by atoms with E-state index in [9.17, 15) is 4.79 Å². The highest BCUT2D eigenvalue weighted by atomic mass is 16.1. The molecule has 0 atom stereocenters. The number of rotatable bonds is 3. The molecule has 0 fully saturated rings. The van der Waals surface area contributed by atoms with Gasteiger partial charge in [0, 0.05) is 26.1 Å². The largest absolute Gasteiger partial charge is 0.368 e. The van der Waals surface area contributed by atoms with Crippen molar-refractivity contribution in [2.75, 3.05) is 29.9 Å². The monoisotopic (exact) mass is 247 g/mol. The minimum Gasteiger partial charge on any atom is -0.368 e. The Balaban J connectivity index is 2.39. The van der Waals surface area contributed by atoms with Crippen molar-refractivity contribution in [2.24, 2.45) is 5.73 Å². The fourth-order valence-electron chi connectivity index (χ4n) is 2.25. The SMILES string of the molecule is CC(C)c1ccc2c(c1)NC(=O)CCN2CCN. The fourth-order valence-corrected chi connectivity index (χ4v) is 2.25. The van der Waals surface area contributed by atoms with E-state index in [4.69, 9.17) is 5.73 Å². The number of nitrogens with zero attached hydrogens (tertiary/aromatic N) is 1.